The van der Waals surface area contributed by atoms with Crippen LogP contribution < -0.4 is 5.32 Å². The van der Waals surface area contributed by atoms with Gasteiger partial charge in [0.1, 0.15) is 0 Å². The second kappa shape index (κ2) is 49.2. The Kier molecular flexibility index (Phi) is 48.3. The number of carbonyl (C=O) groups is 1. The fraction of sp³-hybridized carbons (Fsp3) is 0.906. The van der Waals surface area contributed by atoms with Gasteiger partial charge in [-0.25, -0.2) is 0 Å². The van der Waals surface area contributed by atoms with Crippen LogP contribution in [-0.4, -0.2) is 34.9 Å². The number of carbonyl (C=O) groups excluding carboxylic acids is 1. The molecule has 2 unspecified atom stereocenters. The van der Waals surface area contributed by atoms with Gasteiger partial charge in [0.05, 0.1) is 18.8 Å². The highest BCUT2D eigenvalue weighted by Crippen LogP contribution is 2.17. The van der Waals surface area contributed by atoms with Crippen LogP contribution in [0.1, 0.15) is 290 Å². The standard InChI is InChI=1S/C53H103NO3/c1-3-5-7-9-11-13-15-16-17-18-19-20-21-22-23-24-25-26-27-28-29-30-31-32-33-34-35-36-37-38-39-41-43-45-47-49-53(57)54-51(50-55)52(56)48-46-44-42-40-14-12-10-8-6-4-2/h14,40,46,48,51-52,55-56H,3-13,15-39,41-45,47,49-50H2,1-2H3,(H,54,57)/b40-14+,48-46+. The molecule has 0 fully saturated rings. The Morgan fingerprint density at radius 2 is 0.684 bits per heavy atom. The lowest BCUT2D eigenvalue weighted by Gasteiger charge is -2.19. The number of allylic oxidation sites excluding steroid dienone is 3. The van der Waals surface area contributed by atoms with Gasteiger partial charge in [-0.05, 0) is 32.1 Å². The third-order valence-corrected chi connectivity index (χ3v) is 12.2. The minimum Gasteiger partial charge on any atom is -0.394 e. The molecule has 4 heteroatoms. The number of aliphatic hydroxyl groups excluding tert-OH is 2. The van der Waals surface area contributed by atoms with Gasteiger partial charge in [-0.15, -0.1) is 0 Å². The average Bonchev–Trinajstić information content (AvgIpc) is 3.22. The summed E-state index contributed by atoms with van der Waals surface area (Å²) in [6, 6.07) is -0.633. The van der Waals surface area contributed by atoms with E-state index in [1.54, 1.807) is 6.08 Å². The zero-order valence-electron chi connectivity index (χ0n) is 38.9. The van der Waals surface area contributed by atoms with Crippen LogP contribution in [0, 0.1) is 0 Å². The largest absolute Gasteiger partial charge is 0.394 e. The summed E-state index contributed by atoms with van der Waals surface area (Å²) in [6.45, 7) is 4.28. The normalized spacial score (nSPS) is 13.0. The number of hydrogen-bond donors (Lipinski definition) is 3. The van der Waals surface area contributed by atoms with Crippen LogP contribution in [0.4, 0.5) is 0 Å². The van der Waals surface area contributed by atoms with Crippen molar-refractivity contribution >= 4 is 5.91 Å². The third-order valence-electron chi connectivity index (χ3n) is 12.2. The second-order valence-corrected chi connectivity index (χ2v) is 17.9. The second-order valence-electron chi connectivity index (χ2n) is 17.9. The number of nitrogens with one attached hydrogen (secondary N) is 1. The van der Waals surface area contributed by atoms with Crippen molar-refractivity contribution in [1.82, 2.24) is 5.32 Å². The van der Waals surface area contributed by atoms with Crippen molar-refractivity contribution in [3.05, 3.63) is 24.3 Å². The molecule has 0 aliphatic rings. The van der Waals surface area contributed by atoms with E-state index in [1.807, 2.05) is 6.08 Å². The fourth-order valence-corrected chi connectivity index (χ4v) is 8.20. The molecule has 2 atom stereocenters. The van der Waals surface area contributed by atoms with Gasteiger partial charge in [0.2, 0.25) is 5.91 Å². The van der Waals surface area contributed by atoms with Gasteiger partial charge in [0.15, 0.2) is 0 Å². The highest BCUT2D eigenvalue weighted by molar-refractivity contribution is 5.76. The molecule has 4 nitrogen and oxygen atoms in total. The molecule has 57 heavy (non-hydrogen) atoms. The number of unbranched alkanes of at least 4 members (excludes halogenated alkanes) is 39. The molecule has 0 spiro atoms. The maximum atomic E-state index is 12.4. The molecule has 0 radical (unpaired) electrons. The van der Waals surface area contributed by atoms with Crippen molar-refractivity contribution in [1.29, 1.82) is 0 Å². The highest BCUT2D eigenvalue weighted by atomic mass is 16.3. The molecule has 3 N–H and O–H groups in total. The zero-order chi connectivity index (χ0) is 41.4. The number of hydrogen-bond acceptors (Lipinski definition) is 3. The Balaban J connectivity index is 3.35. The summed E-state index contributed by atoms with van der Waals surface area (Å²) in [5, 5.41) is 22.9. The molecule has 0 bridgehead atoms. The van der Waals surface area contributed by atoms with Crippen molar-refractivity contribution < 1.29 is 15.0 Å². The van der Waals surface area contributed by atoms with Gasteiger partial charge < -0.3 is 15.5 Å². The molecule has 0 saturated carbocycles. The predicted molar refractivity (Wildman–Crippen MR) is 253 cm³/mol. The van der Waals surface area contributed by atoms with Gasteiger partial charge in [-0.1, -0.05) is 276 Å². The Morgan fingerprint density at radius 1 is 0.404 bits per heavy atom. The van der Waals surface area contributed by atoms with E-state index in [1.165, 1.54) is 238 Å². The van der Waals surface area contributed by atoms with Crippen LogP contribution in [0.5, 0.6) is 0 Å². The van der Waals surface area contributed by atoms with Crippen LogP contribution in [0.15, 0.2) is 24.3 Å². The van der Waals surface area contributed by atoms with E-state index >= 15 is 0 Å². The number of aliphatic hydroxyl groups is 2. The Bertz CT molecular complexity index is 825. The van der Waals surface area contributed by atoms with Crippen molar-refractivity contribution in [3.8, 4) is 0 Å². The van der Waals surface area contributed by atoms with Gasteiger partial charge >= 0.3 is 0 Å². The van der Waals surface area contributed by atoms with E-state index in [2.05, 4.69) is 31.3 Å². The topological polar surface area (TPSA) is 69.6 Å². The first-order chi connectivity index (χ1) is 28.2. The number of amides is 1. The van der Waals surface area contributed by atoms with E-state index in [0.29, 0.717) is 6.42 Å². The Hall–Kier alpha value is -1.13. The number of rotatable bonds is 48. The summed E-state index contributed by atoms with van der Waals surface area (Å²) in [6.07, 6.45) is 65.0. The molecular weight excluding hydrogens is 699 g/mol. The van der Waals surface area contributed by atoms with Crippen LogP contribution >= 0.6 is 0 Å². The molecule has 0 aromatic heterocycles. The molecule has 1 amide bonds. The first-order valence-corrected chi connectivity index (χ1v) is 26.1. The van der Waals surface area contributed by atoms with Gasteiger partial charge in [0.25, 0.3) is 0 Å². The SMILES string of the molecule is CCCCCC/C=C/CC/C=C/C(O)C(CO)NC(=O)CCCCCCCCCCCCCCCCCCCCCCCCCCCCCCCCCCCCC. The summed E-state index contributed by atoms with van der Waals surface area (Å²) in [7, 11) is 0. The average molecular weight is 802 g/mol. The Labute approximate surface area is 358 Å². The molecule has 0 aliphatic heterocycles. The van der Waals surface area contributed by atoms with Crippen LogP contribution in [-0.2, 0) is 4.79 Å². The fourth-order valence-electron chi connectivity index (χ4n) is 8.20. The maximum absolute atomic E-state index is 12.4. The summed E-state index contributed by atoms with van der Waals surface area (Å²) in [5.74, 6) is -0.0708. The monoisotopic (exact) mass is 802 g/mol. The summed E-state index contributed by atoms with van der Waals surface area (Å²) < 4.78 is 0. The minimum absolute atomic E-state index is 0.0708. The smallest absolute Gasteiger partial charge is 0.220 e. The quantitative estimate of drug-likeness (QED) is 0.0424. The molecule has 0 saturated heterocycles. The molecule has 0 aromatic carbocycles. The maximum Gasteiger partial charge on any atom is 0.220 e. The lowest BCUT2D eigenvalue weighted by molar-refractivity contribution is -0.123. The highest BCUT2D eigenvalue weighted by Gasteiger charge is 2.17. The van der Waals surface area contributed by atoms with Crippen LogP contribution in [0.2, 0.25) is 0 Å². The van der Waals surface area contributed by atoms with E-state index < -0.39 is 12.1 Å². The van der Waals surface area contributed by atoms with Crippen molar-refractivity contribution in [2.24, 2.45) is 0 Å². The third kappa shape index (κ3) is 45.8. The van der Waals surface area contributed by atoms with Gasteiger partial charge in [-0.3, -0.25) is 4.79 Å². The summed E-state index contributed by atoms with van der Waals surface area (Å²) in [4.78, 5) is 12.4. The van der Waals surface area contributed by atoms with Crippen LogP contribution in [0.25, 0.3) is 0 Å². The van der Waals surface area contributed by atoms with Crippen molar-refractivity contribution in [2.45, 2.75) is 302 Å². The predicted octanol–water partition coefficient (Wildman–Crippen LogP) is 16.8. The van der Waals surface area contributed by atoms with E-state index in [0.717, 1.165) is 32.1 Å². The first-order valence-electron chi connectivity index (χ1n) is 26.1. The zero-order valence-corrected chi connectivity index (χ0v) is 38.9. The lowest BCUT2D eigenvalue weighted by Crippen LogP contribution is -2.45. The van der Waals surface area contributed by atoms with E-state index in [4.69, 9.17) is 0 Å². The Morgan fingerprint density at radius 3 is 1.02 bits per heavy atom. The van der Waals surface area contributed by atoms with E-state index in [9.17, 15) is 15.0 Å². The van der Waals surface area contributed by atoms with Crippen LogP contribution in [0.3, 0.4) is 0 Å². The van der Waals surface area contributed by atoms with Gasteiger partial charge in [-0.2, -0.15) is 0 Å². The minimum atomic E-state index is -0.857. The molecule has 0 aromatic rings. The lowest BCUT2D eigenvalue weighted by atomic mass is 10.0. The molecule has 0 aliphatic carbocycles. The van der Waals surface area contributed by atoms with E-state index in [-0.39, 0.29) is 12.5 Å². The van der Waals surface area contributed by atoms with Crippen molar-refractivity contribution in [3.63, 3.8) is 0 Å². The summed E-state index contributed by atoms with van der Waals surface area (Å²) in [5.41, 5.74) is 0. The molecule has 338 valence electrons. The van der Waals surface area contributed by atoms with Crippen molar-refractivity contribution in [2.75, 3.05) is 6.61 Å². The molecular formula is C53H103NO3. The molecule has 0 heterocycles. The molecule has 0 rings (SSSR count). The summed E-state index contributed by atoms with van der Waals surface area (Å²) >= 11 is 0. The van der Waals surface area contributed by atoms with Gasteiger partial charge in [0, 0.05) is 6.42 Å². The first kappa shape index (κ1) is 55.9.